The predicted molar refractivity (Wildman–Crippen MR) is 105 cm³/mol. The summed E-state index contributed by atoms with van der Waals surface area (Å²) in [4.78, 5) is 27.3. The van der Waals surface area contributed by atoms with Gasteiger partial charge in [-0.25, -0.2) is 0 Å². The van der Waals surface area contributed by atoms with Gasteiger partial charge in [0.2, 0.25) is 11.8 Å². The van der Waals surface area contributed by atoms with Gasteiger partial charge in [0.1, 0.15) is 0 Å². The highest BCUT2D eigenvalue weighted by molar-refractivity contribution is 7.80. The van der Waals surface area contributed by atoms with E-state index in [1.54, 1.807) is 0 Å². The number of benzene rings is 1. The van der Waals surface area contributed by atoms with E-state index in [2.05, 4.69) is 29.4 Å². The number of carbonyl (C=O) groups excluding carboxylic acids is 2. The Hall–Kier alpha value is -2.15. The molecule has 25 heavy (non-hydrogen) atoms. The smallest absolute Gasteiger partial charge is 0.222 e. The van der Waals surface area contributed by atoms with Crippen molar-refractivity contribution in [1.82, 2.24) is 10.2 Å². The molecule has 1 fully saturated rings. The van der Waals surface area contributed by atoms with E-state index >= 15 is 0 Å². The van der Waals surface area contributed by atoms with Crippen molar-refractivity contribution >= 4 is 40.5 Å². The first-order valence-electron chi connectivity index (χ1n) is 8.56. The van der Waals surface area contributed by atoms with Crippen LogP contribution in [0.4, 0.5) is 11.4 Å². The summed E-state index contributed by atoms with van der Waals surface area (Å²) in [5, 5.41) is 5.79. The zero-order valence-electron chi connectivity index (χ0n) is 15.0. The molecule has 1 aromatic rings. The first-order chi connectivity index (χ1) is 11.8. The van der Waals surface area contributed by atoms with Crippen LogP contribution in [-0.4, -0.2) is 48.0 Å². The van der Waals surface area contributed by atoms with Crippen molar-refractivity contribution in [1.29, 1.82) is 0 Å². The fourth-order valence-electron chi connectivity index (χ4n) is 2.77. The molecule has 0 radical (unpaired) electrons. The van der Waals surface area contributed by atoms with E-state index in [1.807, 2.05) is 29.2 Å². The molecule has 2 amide bonds. The molecule has 0 atom stereocenters. The van der Waals surface area contributed by atoms with E-state index in [-0.39, 0.29) is 16.9 Å². The molecular weight excluding hydrogens is 336 g/mol. The standard InChI is InChI=1S/C18H26N4O2S/c1-13(2)12-17(24)22-10-8-21(9-11-22)16-6-4-15(5-7-16)20-18(25)19-14(3)23/h4-7,13H,8-12H2,1-3H3,(H2,19,20,23,25). The van der Waals surface area contributed by atoms with E-state index in [1.165, 1.54) is 6.92 Å². The van der Waals surface area contributed by atoms with Gasteiger partial charge in [-0.1, -0.05) is 13.8 Å². The van der Waals surface area contributed by atoms with Gasteiger partial charge >= 0.3 is 0 Å². The SMILES string of the molecule is CC(=O)NC(=S)Nc1ccc(N2CCN(C(=O)CC(C)C)CC2)cc1. The van der Waals surface area contributed by atoms with Crippen molar-refractivity contribution in [3.8, 4) is 0 Å². The second kappa shape index (κ2) is 8.80. The highest BCUT2D eigenvalue weighted by Crippen LogP contribution is 2.20. The van der Waals surface area contributed by atoms with E-state index in [4.69, 9.17) is 12.2 Å². The van der Waals surface area contributed by atoms with Gasteiger partial charge < -0.3 is 20.4 Å². The second-order valence-corrected chi connectivity index (χ2v) is 7.06. The van der Waals surface area contributed by atoms with Gasteiger partial charge in [-0.2, -0.15) is 0 Å². The van der Waals surface area contributed by atoms with Crippen molar-refractivity contribution in [2.24, 2.45) is 5.92 Å². The van der Waals surface area contributed by atoms with Gasteiger partial charge in [0.25, 0.3) is 0 Å². The van der Waals surface area contributed by atoms with Gasteiger partial charge in [-0.15, -0.1) is 0 Å². The largest absolute Gasteiger partial charge is 0.368 e. The van der Waals surface area contributed by atoms with Crippen LogP contribution in [0.15, 0.2) is 24.3 Å². The Morgan fingerprint density at radius 2 is 1.72 bits per heavy atom. The Bertz CT molecular complexity index is 622. The Morgan fingerprint density at radius 1 is 1.12 bits per heavy atom. The third-order valence-corrected chi connectivity index (χ3v) is 4.20. The Labute approximate surface area is 154 Å². The lowest BCUT2D eigenvalue weighted by molar-refractivity contribution is -0.132. The first-order valence-corrected chi connectivity index (χ1v) is 8.97. The van der Waals surface area contributed by atoms with Gasteiger partial charge in [-0.05, 0) is 42.4 Å². The van der Waals surface area contributed by atoms with E-state index in [9.17, 15) is 9.59 Å². The maximum absolute atomic E-state index is 12.1. The topological polar surface area (TPSA) is 64.7 Å². The fraction of sp³-hybridized carbons (Fsp3) is 0.500. The monoisotopic (exact) mass is 362 g/mol. The average Bonchev–Trinajstić information content (AvgIpc) is 2.54. The molecule has 2 rings (SSSR count). The molecule has 2 N–H and O–H groups in total. The third-order valence-electron chi connectivity index (χ3n) is 4.00. The minimum Gasteiger partial charge on any atom is -0.368 e. The van der Waals surface area contributed by atoms with Crippen LogP contribution in [0.25, 0.3) is 0 Å². The summed E-state index contributed by atoms with van der Waals surface area (Å²) in [6.07, 6.45) is 0.620. The van der Waals surface area contributed by atoms with E-state index in [0.717, 1.165) is 37.6 Å². The summed E-state index contributed by atoms with van der Waals surface area (Å²) >= 11 is 5.05. The molecule has 7 heteroatoms. The lowest BCUT2D eigenvalue weighted by Gasteiger charge is -2.36. The van der Waals surface area contributed by atoms with E-state index in [0.29, 0.717) is 12.3 Å². The molecule has 1 saturated heterocycles. The van der Waals surface area contributed by atoms with Gasteiger partial charge in [0.15, 0.2) is 5.11 Å². The quantitative estimate of drug-likeness (QED) is 0.804. The van der Waals surface area contributed by atoms with Gasteiger partial charge in [0, 0.05) is 50.9 Å². The van der Waals surface area contributed by atoms with Crippen LogP contribution < -0.4 is 15.5 Å². The molecule has 0 aliphatic carbocycles. The number of nitrogens with zero attached hydrogens (tertiary/aromatic N) is 2. The number of piperazine rings is 1. The lowest BCUT2D eigenvalue weighted by atomic mass is 10.1. The summed E-state index contributed by atoms with van der Waals surface area (Å²) in [6, 6.07) is 7.90. The molecular formula is C18H26N4O2S. The molecule has 1 heterocycles. The van der Waals surface area contributed by atoms with Crippen molar-refractivity contribution in [2.75, 3.05) is 36.4 Å². The molecule has 0 unspecified atom stereocenters. The second-order valence-electron chi connectivity index (χ2n) is 6.65. The molecule has 1 aliphatic heterocycles. The molecule has 136 valence electrons. The molecule has 0 aromatic heterocycles. The Morgan fingerprint density at radius 3 is 2.24 bits per heavy atom. The zero-order chi connectivity index (χ0) is 18.4. The van der Waals surface area contributed by atoms with Crippen LogP contribution in [-0.2, 0) is 9.59 Å². The summed E-state index contributed by atoms with van der Waals surface area (Å²) in [5.74, 6) is 0.453. The van der Waals surface area contributed by atoms with Crippen LogP contribution in [0.5, 0.6) is 0 Å². The van der Waals surface area contributed by atoms with Crippen molar-refractivity contribution < 1.29 is 9.59 Å². The molecule has 0 spiro atoms. The number of nitrogens with one attached hydrogen (secondary N) is 2. The number of hydrogen-bond donors (Lipinski definition) is 2. The summed E-state index contributed by atoms with van der Waals surface area (Å²) < 4.78 is 0. The van der Waals surface area contributed by atoms with Gasteiger partial charge in [-0.3, -0.25) is 9.59 Å². The normalized spacial score (nSPS) is 14.4. The van der Waals surface area contributed by atoms with Crippen LogP contribution in [0.3, 0.4) is 0 Å². The molecule has 1 aromatic carbocycles. The zero-order valence-corrected chi connectivity index (χ0v) is 15.9. The van der Waals surface area contributed by atoms with Crippen molar-refractivity contribution in [3.05, 3.63) is 24.3 Å². The maximum atomic E-state index is 12.1. The Balaban J connectivity index is 1.86. The summed E-state index contributed by atoms with van der Waals surface area (Å²) in [5.41, 5.74) is 1.94. The van der Waals surface area contributed by atoms with Gasteiger partial charge in [0.05, 0.1) is 0 Å². The van der Waals surface area contributed by atoms with Crippen LogP contribution in [0.2, 0.25) is 0 Å². The number of anilines is 2. The molecule has 1 aliphatic rings. The number of carbonyl (C=O) groups is 2. The molecule has 6 nitrogen and oxygen atoms in total. The molecule has 0 saturated carbocycles. The fourth-order valence-corrected chi connectivity index (χ4v) is 3.03. The van der Waals surface area contributed by atoms with Crippen molar-refractivity contribution in [3.63, 3.8) is 0 Å². The summed E-state index contributed by atoms with van der Waals surface area (Å²) in [6.45, 7) is 8.75. The van der Waals surface area contributed by atoms with Crippen LogP contribution in [0.1, 0.15) is 27.2 Å². The highest BCUT2D eigenvalue weighted by atomic mass is 32.1. The average molecular weight is 362 g/mol. The number of hydrogen-bond acceptors (Lipinski definition) is 4. The number of thiocarbonyl (C=S) groups is 1. The third kappa shape index (κ3) is 6.01. The maximum Gasteiger partial charge on any atom is 0.222 e. The minimum absolute atomic E-state index is 0.195. The van der Waals surface area contributed by atoms with Crippen LogP contribution in [0, 0.1) is 5.92 Å². The number of amides is 2. The minimum atomic E-state index is -0.195. The first kappa shape index (κ1) is 19.2. The van der Waals surface area contributed by atoms with E-state index < -0.39 is 0 Å². The lowest BCUT2D eigenvalue weighted by Crippen LogP contribution is -2.49. The summed E-state index contributed by atoms with van der Waals surface area (Å²) in [7, 11) is 0. The Kier molecular flexibility index (Phi) is 6.75. The van der Waals surface area contributed by atoms with Crippen molar-refractivity contribution in [2.45, 2.75) is 27.2 Å². The highest BCUT2D eigenvalue weighted by Gasteiger charge is 2.21. The number of rotatable bonds is 4. The van der Waals surface area contributed by atoms with Crippen LogP contribution >= 0.6 is 12.2 Å². The molecule has 0 bridgehead atoms. The predicted octanol–water partition coefficient (Wildman–Crippen LogP) is 2.21.